The summed E-state index contributed by atoms with van der Waals surface area (Å²) >= 11 is 0. The molecule has 0 aliphatic carbocycles. The Kier molecular flexibility index (Phi) is 7.35. The molecule has 0 saturated carbocycles. The molecule has 0 radical (unpaired) electrons. The van der Waals surface area contributed by atoms with Gasteiger partial charge in [-0.3, -0.25) is 0 Å². The highest BCUT2D eigenvalue weighted by molar-refractivity contribution is 7.89. The number of hydrogen-bond acceptors (Lipinski definition) is 3. The molecule has 1 aromatic rings. The molecule has 1 rings (SSSR count). The highest BCUT2D eigenvalue weighted by Crippen LogP contribution is 2.20. The summed E-state index contributed by atoms with van der Waals surface area (Å²) in [7, 11) is -3.37. The number of nitrogens with zero attached hydrogens (tertiary/aromatic N) is 1. The van der Waals surface area contributed by atoms with Crippen molar-refractivity contribution >= 4 is 10.0 Å². The minimum atomic E-state index is -3.37. The minimum Gasteiger partial charge on any atom is -0.310 e. The molecule has 1 aromatic carbocycles. The Balaban J connectivity index is 2.97. The first-order chi connectivity index (χ1) is 9.97. The van der Waals surface area contributed by atoms with Crippen LogP contribution in [0.25, 0.3) is 0 Å². The smallest absolute Gasteiger partial charge is 0.243 e. The third kappa shape index (κ3) is 4.80. The van der Waals surface area contributed by atoms with E-state index in [2.05, 4.69) is 19.2 Å². The fraction of sp³-hybridized carbons (Fsp3) is 0.625. The van der Waals surface area contributed by atoms with Gasteiger partial charge >= 0.3 is 0 Å². The molecule has 21 heavy (non-hydrogen) atoms. The van der Waals surface area contributed by atoms with Crippen molar-refractivity contribution < 1.29 is 8.42 Å². The Morgan fingerprint density at radius 3 is 2.00 bits per heavy atom. The first-order valence-corrected chi connectivity index (χ1v) is 9.24. The third-order valence-corrected chi connectivity index (χ3v) is 5.39. The molecule has 1 unspecified atom stereocenters. The van der Waals surface area contributed by atoms with E-state index in [4.69, 9.17) is 0 Å². The van der Waals surface area contributed by atoms with Crippen molar-refractivity contribution in [3.63, 3.8) is 0 Å². The third-order valence-electron chi connectivity index (χ3n) is 3.47. The van der Waals surface area contributed by atoms with E-state index in [1.807, 2.05) is 26.0 Å². The average Bonchev–Trinajstić information content (AvgIpc) is 2.47. The standard InChI is InChI=1S/C16H28N2O2S/c1-5-12-18(13-6-2)21(19,20)16-10-8-15(9-11-16)14(4)17-7-3/h8-11,14,17H,5-7,12-13H2,1-4H3. The van der Waals surface area contributed by atoms with Gasteiger partial charge in [0, 0.05) is 19.1 Å². The Hall–Kier alpha value is -0.910. The van der Waals surface area contributed by atoms with Crippen LogP contribution in [0, 0.1) is 0 Å². The van der Waals surface area contributed by atoms with Crippen LogP contribution in [0.15, 0.2) is 29.2 Å². The molecule has 0 aliphatic heterocycles. The van der Waals surface area contributed by atoms with Crippen molar-refractivity contribution in [3.05, 3.63) is 29.8 Å². The molecule has 1 atom stereocenters. The maximum Gasteiger partial charge on any atom is 0.243 e. The van der Waals surface area contributed by atoms with Crippen molar-refractivity contribution in [3.8, 4) is 0 Å². The van der Waals surface area contributed by atoms with Gasteiger partial charge in [0.05, 0.1) is 4.90 Å². The summed E-state index contributed by atoms with van der Waals surface area (Å²) in [5.74, 6) is 0. The molecule has 0 heterocycles. The second-order valence-corrected chi connectivity index (χ2v) is 7.19. The topological polar surface area (TPSA) is 49.4 Å². The molecule has 0 aliphatic rings. The molecule has 0 saturated heterocycles. The summed E-state index contributed by atoms with van der Waals surface area (Å²) in [5, 5.41) is 3.32. The monoisotopic (exact) mass is 312 g/mol. The van der Waals surface area contributed by atoms with Gasteiger partial charge in [-0.15, -0.1) is 0 Å². The van der Waals surface area contributed by atoms with E-state index < -0.39 is 10.0 Å². The second kappa shape index (κ2) is 8.51. The Labute approximate surface area is 129 Å². The van der Waals surface area contributed by atoms with E-state index in [-0.39, 0.29) is 6.04 Å². The molecule has 0 amide bonds. The summed E-state index contributed by atoms with van der Waals surface area (Å²) in [5.41, 5.74) is 1.10. The number of rotatable bonds is 9. The van der Waals surface area contributed by atoms with Crippen LogP contribution in [0.5, 0.6) is 0 Å². The van der Waals surface area contributed by atoms with Crippen LogP contribution < -0.4 is 5.32 Å². The van der Waals surface area contributed by atoms with Crippen LogP contribution in [0.3, 0.4) is 0 Å². The first-order valence-electron chi connectivity index (χ1n) is 7.80. The van der Waals surface area contributed by atoms with Gasteiger partial charge in [-0.1, -0.05) is 32.9 Å². The molecule has 0 aromatic heterocycles. The maximum absolute atomic E-state index is 12.6. The molecule has 0 bridgehead atoms. The van der Waals surface area contributed by atoms with Crippen molar-refractivity contribution in [2.45, 2.75) is 51.5 Å². The van der Waals surface area contributed by atoms with Gasteiger partial charge in [-0.05, 0) is 44.0 Å². The fourth-order valence-electron chi connectivity index (χ4n) is 2.35. The Bertz CT molecular complexity index is 506. The lowest BCUT2D eigenvalue weighted by molar-refractivity contribution is 0.410. The van der Waals surface area contributed by atoms with Gasteiger partial charge in [0.15, 0.2) is 0 Å². The van der Waals surface area contributed by atoms with Crippen LogP contribution in [0.2, 0.25) is 0 Å². The zero-order valence-corrected chi connectivity index (χ0v) is 14.4. The van der Waals surface area contributed by atoms with E-state index in [1.54, 1.807) is 16.4 Å². The number of hydrogen-bond donors (Lipinski definition) is 1. The van der Waals surface area contributed by atoms with Gasteiger partial charge in [0.1, 0.15) is 0 Å². The van der Waals surface area contributed by atoms with Crippen molar-refractivity contribution in [2.24, 2.45) is 0 Å². The van der Waals surface area contributed by atoms with E-state index in [1.165, 1.54) is 0 Å². The quantitative estimate of drug-likeness (QED) is 0.762. The number of nitrogens with one attached hydrogen (secondary N) is 1. The zero-order valence-electron chi connectivity index (χ0n) is 13.6. The Morgan fingerprint density at radius 2 is 1.57 bits per heavy atom. The largest absolute Gasteiger partial charge is 0.310 e. The lowest BCUT2D eigenvalue weighted by Gasteiger charge is -2.21. The molecular formula is C16H28N2O2S. The van der Waals surface area contributed by atoms with Gasteiger partial charge in [0.2, 0.25) is 10.0 Å². The number of sulfonamides is 1. The first kappa shape index (κ1) is 18.1. The zero-order chi connectivity index (χ0) is 15.9. The highest BCUT2D eigenvalue weighted by atomic mass is 32.2. The van der Waals surface area contributed by atoms with Crippen LogP contribution >= 0.6 is 0 Å². The van der Waals surface area contributed by atoms with E-state index in [0.717, 1.165) is 24.9 Å². The average molecular weight is 312 g/mol. The molecule has 5 heteroatoms. The molecule has 0 fully saturated rings. The number of benzene rings is 1. The Morgan fingerprint density at radius 1 is 1.05 bits per heavy atom. The predicted molar refractivity (Wildman–Crippen MR) is 87.9 cm³/mol. The predicted octanol–water partition coefficient (Wildman–Crippen LogP) is 3.17. The maximum atomic E-state index is 12.6. The molecule has 1 N–H and O–H groups in total. The SMILES string of the molecule is CCCN(CCC)S(=O)(=O)c1ccc(C(C)NCC)cc1. The summed E-state index contributed by atoms with van der Waals surface area (Å²) in [6.07, 6.45) is 1.66. The fourth-order valence-corrected chi connectivity index (χ4v) is 3.98. The van der Waals surface area contributed by atoms with Gasteiger partial charge in [-0.25, -0.2) is 8.42 Å². The minimum absolute atomic E-state index is 0.231. The van der Waals surface area contributed by atoms with E-state index in [0.29, 0.717) is 18.0 Å². The van der Waals surface area contributed by atoms with Crippen LogP contribution in [-0.4, -0.2) is 32.4 Å². The van der Waals surface area contributed by atoms with Crippen molar-refractivity contribution in [2.75, 3.05) is 19.6 Å². The van der Waals surface area contributed by atoms with Crippen molar-refractivity contribution in [1.82, 2.24) is 9.62 Å². The van der Waals surface area contributed by atoms with Gasteiger partial charge < -0.3 is 5.32 Å². The lowest BCUT2D eigenvalue weighted by atomic mass is 10.1. The van der Waals surface area contributed by atoms with Gasteiger partial charge in [-0.2, -0.15) is 4.31 Å². The van der Waals surface area contributed by atoms with E-state index in [9.17, 15) is 8.42 Å². The van der Waals surface area contributed by atoms with E-state index >= 15 is 0 Å². The summed E-state index contributed by atoms with van der Waals surface area (Å²) in [6, 6.07) is 7.47. The summed E-state index contributed by atoms with van der Waals surface area (Å²) in [6.45, 7) is 10.2. The highest BCUT2D eigenvalue weighted by Gasteiger charge is 2.22. The molecule has 120 valence electrons. The normalized spacial score (nSPS) is 13.6. The van der Waals surface area contributed by atoms with Crippen LogP contribution in [0.4, 0.5) is 0 Å². The van der Waals surface area contributed by atoms with Gasteiger partial charge in [0.25, 0.3) is 0 Å². The van der Waals surface area contributed by atoms with Crippen molar-refractivity contribution in [1.29, 1.82) is 0 Å². The summed E-state index contributed by atoms with van der Waals surface area (Å²) in [4.78, 5) is 0.386. The molecule has 0 spiro atoms. The van der Waals surface area contributed by atoms with Crippen LogP contribution in [-0.2, 0) is 10.0 Å². The second-order valence-electron chi connectivity index (χ2n) is 5.25. The summed E-state index contributed by atoms with van der Waals surface area (Å²) < 4.78 is 26.8. The molecule has 4 nitrogen and oxygen atoms in total. The molecular weight excluding hydrogens is 284 g/mol. The lowest BCUT2D eigenvalue weighted by Crippen LogP contribution is -2.32. The van der Waals surface area contributed by atoms with Crippen LogP contribution in [0.1, 0.15) is 52.1 Å².